The first-order valence-corrected chi connectivity index (χ1v) is 8.25. The molecule has 2 heterocycles. The molecule has 3 aromatic rings. The topological polar surface area (TPSA) is 72.2 Å². The molecule has 1 aromatic heterocycles. The molecule has 0 fully saturated rings. The lowest BCUT2D eigenvalue weighted by Crippen LogP contribution is -2.39. The summed E-state index contributed by atoms with van der Waals surface area (Å²) < 4.78 is 12.2. The number of carbonyl (C=O) groups excluding carboxylic acids is 1. The summed E-state index contributed by atoms with van der Waals surface area (Å²) in [5.74, 6) is -0.162. The Morgan fingerprint density at radius 3 is 2.75 bits per heavy atom. The molecule has 2 atom stereocenters. The summed E-state index contributed by atoms with van der Waals surface area (Å²) in [6, 6.07) is 16.8. The van der Waals surface area contributed by atoms with Crippen LogP contribution in [0, 0.1) is 11.3 Å². The normalized spacial score (nSPS) is 17.2. The Morgan fingerprint density at radius 1 is 1.21 bits per heavy atom. The fourth-order valence-electron chi connectivity index (χ4n) is 2.60. The number of hydrogen-bond donors (Lipinski definition) is 0. The average Bonchev–Trinajstić information content (AvgIpc) is 3.05. The quantitative estimate of drug-likeness (QED) is 0.734. The van der Waals surface area contributed by atoms with E-state index in [-0.39, 0.29) is 12.4 Å². The van der Waals surface area contributed by atoms with Crippen molar-refractivity contribution in [3.63, 3.8) is 0 Å². The Labute approximate surface area is 142 Å². The van der Waals surface area contributed by atoms with E-state index < -0.39 is 12.0 Å². The monoisotopic (exact) mass is 336 g/mol. The van der Waals surface area contributed by atoms with E-state index >= 15 is 0 Å². The zero-order valence-electron chi connectivity index (χ0n) is 12.5. The highest BCUT2D eigenvalue weighted by Gasteiger charge is 2.35. The number of Topliss-reactive ketones (excluding diaryl/α,β-unsaturated/α-hetero) is 1. The zero-order valence-corrected chi connectivity index (χ0v) is 13.3. The second-order valence-electron chi connectivity index (χ2n) is 5.35. The van der Waals surface area contributed by atoms with Gasteiger partial charge in [0.1, 0.15) is 11.6 Å². The summed E-state index contributed by atoms with van der Waals surface area (Å²) in [6.45, 7) is 0.0962. The lowest BCUT2D eigenvalue weighted by Gasteiger charge is -2.26. The zero-order chi connectivity index (χ0) is 16.5. The largest absolute Gasteiger partial charge is 0.485 e. The molecular weight excluding hydrogens is 324 g/mol. The first-order chi connectivity index (χ1) is 11.8. The minimum absolute atomic E-state index is 0.0962. The summed E-state index contributed by atoms with van der Waals surface area (Å²) in [5.41, 5.74) is 0.789. The molecule has 0 radical (unpaired) electrons. The molecule has 118 valence electrons. The molecule has 0 aliphatic carbocycles. The van der Waals surface area contributed by atoms with Gasteiger partial charge >= 0.3 is 0 Å². The Bertz CT molecular complexity index is 927. The number of hydrogen-bond acceptors (Lipinski definition) is 6. The van der Waals surface area contributed by atoms with Gasteiger partial charge in [-0.3, -0.25) is 4.79 Å². The van der Waals surface area contributed by atoms with Crippen LogP contribution >= 0.6 is 11.3 Å². The van der Waals surface area contributed by atoms with Crippen LogP contribution in [0.25, 0.3) is 10.2 Å². The lowest BCUT2D eigenvalue weighted by molar-refractivity contribution is -0.128. The van der Waals surface area contributed by atoms with Crippen molar-refractivity contribution >= 4 is 27.3 Å². The number of nitriles is 1. The highest BCUT2D eigenvalue weighted by atomic mass is 32.1. The maximum Gasteiger partial charge on any atom is 0.200 e. The smallest absolute Gasteiger partial charge is 0.200 e. The van der Waals surface area contributed by atoms with Crippen LogP contribution in [0.15, 0.2) is 48.5 Å². The van der Waals surface area contributed by atoms with Gasteiger partial charge in [0.2, 0.25) is 5.78 Å². The molecule has 4 rings (SSSR count). The molecule has 0 unspecified atom stereocenters. The summed E-state index contributed by atoms with van der Waals surface area (Å²) in [6.07, 6.45) is -0.809. The van der Waals surface area contributed by atoms with Crippen molar-refractivity contribution in [2.75, 3.05) is 6.61 Å². The van der Waals surface area contributed by atoms with Crippen LogP contribution in [-0.4, -0.2) is 23.5 Å². The highest BCUT2D eigenvalue weighted by molar-refractivity contribution is 7.18. The van der Waals surface area contributed by atoms with Crippen molar-refractivity contribution in [3.8, 4) is 17.6 Å². The van der Waals surface area contributed by atoms with Crippen molar-refractivity contribution in [2.45, 2.75) is 12.0 Å². The number of ether oxygens (including phenoxy) is 2. The molecule has 0 spiro atoms. The number of fused-ring (bicyclic) bond motifs is 2. The van der Waals surface area contributed by atoms with Gasteiger partial charge in [0, 0.05) is 0 Å². The Balaban J connectivity index is 1.62. The number of ketones is 1. The van der Waals surface area contributed by atoms with Crippen LogP contribution in [0.1, 0.15) is 10.9 Å². The lowest BCUT2D eigenvalue weighted by atomic mass is 10.0. The molecule has 5 nitrogen and oxygen atoms in total. The van der Waals surface area contributed by atoms with Crippen molar-refractivity contribution in [1.29, 1.82) is 5.26 Å². The number of para-hydroxylation sites is 3. The molecule has 1 aliphatic heterocycles. The van der Waals surface area contributed by atoms with Crippen molar-refractivity contribution in [3.05, 3.63) is 53.5 Å². The van der Waals surface area contributed by atoms with E-state index in [0.29, 0.717) is 16.5 Å². The van der Waals surface area contributed by atoms with Crippen LogP contribution in [0.5, 0.6) is 11.5 Å². The maximum absolute atomic E-state index is 12.8. The standard InChI is InChI=1S/C18H12N2O3S/c19-9-11(18-20-12-5-1-4-8-16(12)24-18)17(21)15-10-22-13-6-2-3-7-14(13)23-15/h1-8,11,15H,10H2/t11-,15+/m0/s1. The van der Waals surface area contributed by atoms with Crippen LogP contribution in [-0.2, 0) is 4.79 Å². The molecule has 6 heteroatoms. The third-order valence-electron chi connectivity index (χ3n) is 3.80. The van der Waals surface area contributed by atoms with Crippen LogP contribution in [0.4, 0.5) is 0 Å². The third-order valence-corrected chi connectivity index (χ3v) is 4.90. The predicted molar refractivity (Wildman–Crippen MR) is 89.3 cm³/mol. The van der Waals surface area contributed by atoms with Gasteiger partial charge in [0.15, 0.2) is 23.5 Å². The molecular formula is C18H12N2O3S. The molecule has 0 saturated heterocycles. The summed E-state index contributed by atoms with van der Waals surface area (Å²) in [7, 11) is 0. The van der Waals surface area contributed by atoms with Gasteiger partial charge in [0.05, 0.1) is 16.3 Å². The number of carbonyl (C=O) groups is 1. The van der Waals surface area contributed by atoms with E-state index in [0.717, 1.165) is 10.2 Å². The van der Waals surface area contributed by atoms with Gasteiger partial charge in [-0.25, -0.2) is 4.98 Å². The van der Waals surface area contributed by atoms with E-state index in [1.807, 2.05) is 36.4 Å². The predicted octanol–water partition coefficient (Wildman–Crippen LogP) is 3.31. The van der Waals surface area contributed by atoms with Crippen molar-refractivity contribution < 1.29 is 14.3 Å². The van der Waals surface area contributed by atoms with Gasteiger partial charge < -0.3 is 9.47 Å². The van der Waals surface area contributed by atoms with Crippen molar-refractivity contribution in [1.82, 2.24) is 4.98 Å². The molecule has 2 aromatic carbocycles. The molecule has 1 aliphatic rings. The number of benzene rings is 2. The Morgan fingerprint density at radius 2 is 1.96 bits per heavy atom. The number of aromatic nitrogens is 1. The number of thiazole rings is 1. The van der Waals surface area contributed by atoms with Crippen LogP contribution in [0.2, 0.25) is 0 Å². The fourth-order valence-corrected chi connectivity index (χ4v) is 3.62. The van der Waals surface area contributed by atoms with E-state index in [4.69, 9.17) is 9.47 Å². The number of nitrogens with zero attached hydrogens (tertiary/aromatic N) is 2. The minimum Gasteiger partial charge on any atom is -0.485 e. The Hall–Kier alpha value is -2.91. The van der Waals surface area contributed by atoms with Gasteiger partial charge in [-0.15, -0.1) is 11.3 Å². The summed E-state index contributed by atoms with van der Waals surface area (Å²) >= 11 is 1.36. The molecule has 0 saturated carbocycles. The molecule has 24 heavy (non-hydrogen) atoms. The highest BCUT2D eigenvalue weighted by Crippen LogP contribution is 2.34. The van der Waals surface area contributed by atoms with E-state index in [2.05, 4.69) is 11.1 Å². The van der Waals surface area contributed by atoms with Crippen LogP contribution < -0.4 is 9.47 Å². The first-order valence-electron chi connectivity index (χ1n) is 7.43. The van der Waals surface area contributed by atoms with Gasteiger partial charge in [-0.1, -0.05) is 24.3 Å². The fraction of sp³-hybridized carbons (Fsp3) is 0.167. The van der Waals surface area contributed by atoms with Gasteiger partial charge in [-0.2, -0.15) is 5.26 Å². The summed E-state index contributed by atoms with van der Waals surface area (Å²) in [4.78, 5) is 17.2. The summed E-state index contributed by atoms with van der Waals surface area (Å²) in [5, 5.41) is 9.99. The second kappa shape index (κ2) is 5.95. The van der Waals surface area contributed by atoms with E-state index in [1.165, 1.54) is 11.3 Å². The molecule has 0 bridgehead atoms. The first kappa shape index (κ1) is 14.7. The SMILES string of the molecule is N#C[C@@H](C(=O)[C@H]1COc2ccccc2O1)c1nc2ccccc2s1. The molecule has 0 amide bonds. The third kappa shape index (κ3) is 2.49. The van der Waals surface area contributed by atoms with Crippen molar-refractivity contribution in [2.24, 2.45) is 0 Å². The van der Waals surface area contributed by atoms with Gasteiger partial charge in [-0.05, 0) is 24.3 Å². The van der Waals surface area contributed by atoms with Gasteiger partial charge in [0.25, 0.3) is 0 Å². The minimum atomic E-state index is -0.957. The Kier molecular flexibility index (Phi) is 3.63. The molecule has 0 N–H and O–H groups in total. The maximum atomic E-state index is 12.8. The average molecular weight is 336 g/mol. The van der Waals surface area contributed by atoms with Crippen LogP contribution in [0.3, 0.4) is 0 Å². The number of rotatable bonds is 3. The van der Waals surface area contributed by atoms with E-state index in [9.17, 15) is 10.1 Å². The van der Waals surface area contributed by atoms with E-state index in [1.54, 1.807) is 12.1 Å². The second-order valence-corrected chi connectivity index (χ2v) is 6.41.